The molecule has 2 aliphatic heterocycles. The van der Waals surface area contributed by atoms with Crippen LogP contribution in [-0.4, -0.2) is 55.2 Å². The Hall–Kier alpha value is -1.62. The lowest BCUT2D eigenvalue weighted by atomic mass is 9.94. The van der Waals surface area contributed by atoms with Crippen molar-refractivity contribution in [3.63, 3.8) is 0 Å². The first-order chi connectivity index (χ1) is 15.0. The Morgan fingerprint density at radius 2 is 1.61 bits per heavy atom. The number of hydrogen-bond donors (Lipinski definition) is 0. The number of aryl methyl sites for hydroxylation is 1. The first-order valence-electron chi connectivity index (χ1n) is 11.7. The molecule has 2 aromatic rings. The van der Waals surface area contributed by atoms with E-state index >= 15 is 0 Å². The second kappa shape index (κ2) is 10.8. The molecule has 5 heteroatoms. The summed E-state index contributed by atoms with van der Waals surface area (Å²) in [5, 5.41) is 0.765. The Balaban J connectivity index is 1.13. The highest BCUT2D eigenvalue weighted by atomic mass is 35.5. The molecule has 168 valence electrons. The summed E-state index contributed by atoms with van der Waals surface area (Å²) < 4.78 is 19.3. The number of nitrogens with zero attached hydrogens (tertiary/aromatic N) is 2. The van der Waals surface area contributed by atoms with Gasteiger partial charge in [0.25, 0.3) is 0 Å². The van der Waals surface area contributed by atoms with Gasteiger partial charge in [0.05, 0.1) is 0 Å². The summed E-state index contributed by atoms with van der Waals surface area (Å²) in [6, 6.07) is 12.8. The Bertz CT molecular complexity index is 828. The number of benzene rings is 2. The van der Waals surface area contributed by atoms with Crippen molar-refractivity contribution in [1.29, 1.82) is 0 Å². The predicted octanol–water partition coefficient (Wildman–Crippen LogP) is 5.59. The van der Waals surface area contributed by atoms with Crippen LogP contribution >= 0.6 is 11.6 Å². The molecule has 0 aromatic heterocycles. The number of likely N-dealkylation sites (tertiary alicyclic amines) is 2. The van der Waals surface area contributed by atoms with Gasteiger partial charge in [-0.1, -0.05) is 23.7 Å². The maximum Gasteiger partial charge on any atom is 0.123 e. The normalized spacial score (nSPS) is 19.6. The molecule has 2 aromatic carbocycles. The van der Waals surface area contributed by atoms with Crippen molar-refractivity contribution in [2.75, 3.05) is 39.3 Å². The first kappa shape index (κ1) is 22.6. The fourth-order valence-corrected chi connectivity index (χ4v) is 5.06. The zero-order chi connectivity index (χ0) is 21.6. The van der Waals surface area contributed by atoms with E-state index in [0.29, 0.717) is 6.10 Å². The molecule has 2 aliphatic rings. The van der Waals surface area contributed by atoms with E-state index in [-0.39, 0.29) is 5.82 Å². The fourth-order valence-electron chi connectivity index (χ4n) is 4.83. The minimum atomic E-state index is -0.153. The summed E-state index contributed by atoms with van der Waals surface area (Å²) >= 11 is 6.05. The largest absolute Gasteiger partial charge is 0.490 e. The van der Waals surface area contributed by atoms with E-state index < -0.39 is 0 Å². The van der Waals surface area contributed by atoms with Gasteiger partial charge in [0.2, 0.25) is 0 Å². The van der Waals surface area contributed by atoms with Gasteiger partial charge in [-0.15, -0.1) is 0 Å². The van der Waals surface area contributed by atoms with Gasteiger partial charge in [-0.25, -0.2) is 4.39 Å². The molecule has 4 rings (SSSR count). The molecule has 31 heavy (non-hydrogen) atoms. The van der Waals surface area contributed by atoms with Gasteiger partial charge in [-0.3, -0.25) is 0 Å². The van der Waals surface area contributed by atoms with Crippen LogP contribution in [0.1, 0.15) is 36.8 Å². The summed E-state index contributed by atoms with van der Waals surface area (Å²) in [4.78, 5) is 5.20. The molecule has 0 saturated carbocycles. The maximum absolute atomic E-state index is 13.0. The van der Waals surface area contributed by atoms with Crippen LogP contribution in [0.4, 0.5) is 4.39 Å². The van der Waals surface area contributed by atoms with Crippen molar-refractivity contribution in [2.24, 2.45) is 5.92 Å². The van der Waals surface area contributed by atoms with E-state index in [9.17, 15) is 4.39 Å². The molecule has 0 N–H and O–H groups in total. The number of hydrogen-bond acceptors (Lipinski definition) is 3. The van der Waals surface area contributed by atoms with Gasteiger partial charge in [0, 0.05) is 31.2 Å². The molecule has 0 unspecified atom stereocenters. The SMILES string of the molecule is Cc1cc(Cl)ccc1OC1CCN(CC2CCN(CCc3ccc(F)cc3)CC2)CC1. The van der Waals surface area contributed by atoms with Crippen molar-refractivity contribution < 1.29 is 9.13 Å². The van der Waals surface area contributed by atoms with Gasteiger partial charge in [-0.2, -0.15) is 0 Å². The zero-order valence-corrected chi connectivity index (χ0v) is 19.3. The van der Waals surface area contributed by atoms with Gasteiger partial charge in [-0.05, 0) is 99.5 Å². The van der Waals surface area contributed by atoms with Crippen molar-refractivity contribution in [2.45, 2.75) is 45.1 Å². The molecule has 2 heterocycles. The van der Waals surface area contributed by atoms with Crippen LogP contribution in [-0.2, 0) is 6.42 Å². The molecule has 0 spiro atoms. The highest BCUT2D eigenvalue weighted by molar-refractivity contribution is 6.30. The Kier molecular flexibility index (Phi) is 7.86. The van der Waals surface area contributed by atoms with Crippen LogP contribution in [0.25, 0.3) is 0 Å². The standard InChI is InChI=1S/C26H34ClFN2O/c1-20-18-23(27)4-7-26(20)31-25-11-16-30(17-12-25)19-22-9-14-29(15-10-22)13-8-21-2-5-24(28)6-3-21/h2-7,18,22,25H,8-17,19H2,1H3. The van der Waals surface area contributed by atoms with Gasteiger partial charge < -0.3 is 14.5 Å². The lowest BCUT2D eigenvalue weighted by Crippen LogP contribution is -2.43. The number of ether oxygens (including phenoxy) is 1. The van der Waals surface area contributed by atoms with E-state index in [2.05, 4.69) is 16.7 Å². The molecule has 0 amide bonds. The third kappa shape index (κ3) is 6.68. The Morgan fingerprint density at radius 3 is 2.29 bits per heavy atom. The van der Waals surface area contributed by atoms with E-state index in [1.54, 1.807) is 12.1 Å². The number of halogens is 2. The summed E-state index contributed by atoms with van der Waals surface area (Å²) in [7, 11) is 0. The van der Waals surface area contributed by atoms with E-state index in [1.165, 1.54) is 38.0 Å². The highest BCUT2D eigenvalue weighted by Crippen LogP contribution is 2.26. The van der Waals surface area contributed by atoms with Crippen LogP contribution in [0.5, 0.6) is 5.75 Å². The van der Waals surface area contributed by atoms with Gasteiger partial charge in [0.15, 0.2) is 0 Å². The molecule has 0 aliphatic carbocycles. The Labute approximate surface area is 191 Å². The fraction of sp³-hybridized carbons (Fsp3) is 0.538. The monoisotopic (exact) mass is 444 g/mol. The lowest BCUT2D eigenvalue weighted by molar-refractivity contribution is 0.0780. The Morgan fingerprint density at radius 1 is 0.935 bits per heavy atom. The topological polar surface area (TPSA) is 15.7 Å². The van der Waals surface area contributed by atoms with E-state index in [0.717, 1.165) is 61.2 Å². The van der Waals surface area contributed by atoms with Crippen LogP contribution in [0.2, 0.25) is 5.02 Å². The molecule has 0 bridgehead atoms. The van der Waals surface area contributed by atoms with Gasteiger partial charge in [0.1, 0.15) is 17.7 Å². The minimum absolute atomic E-state index is 0.153. The van der Waals surface area contributed by atoms with Crippen molar-refractivity contribution in [1.82, 2.24) is 9.80 Å². The van der Waals surface area contributed by atoms with E-state index in [1.807, 2.05) is 30.3 Å². The minimum Gasteiger partial charge on any atom is -0.490 e. The predicted molar refractivity (Wildman–Crippen MR) is 126 cm³/mol. The second-order valence-electron chi connectivity index (χ2n) is 9.19. The molecular weight excluding hydrogens is 411 g/mol. The maximum atomic E-state index is 13.0. The smallest absolute Gasteiger partial charge is 0.123 e. The quantitative estimate of drug-likeness (QED) is 0.554. The summed E-state index contributed by atoms with van der Waals surface area (Å²) in [5.74, 6) is 1.62. The summed E-state index contributed by atoms with van der Waals surface area (Å²) in [6.45, 7) is 8.97. The average Bonchev–Trinajstić information content (AvgIpc) is 2.77. The number of rotatable bonds is 7. The third-order valence-corrected chi connectivity index (χ3v) is 7.05. The van der Waals surface area contributed by atoms with Gasteiger partial charge >= 0.3 is 0 Å². The average molecular weight is 445 g/mol. The first-order valence-corrected chi connectivity index (χ1v) is 12.0. The summed E-state index contributed by atoms with van der Waals surface area (Å²) in [5.41, 5.74) is 2.34. The van der Waals surface area contributed by atoms with Crippen LogP contribution in [0.15, 0.2) is 42.5 Å². The molecular formula is C26H34ClFN2O. The molecule has 0 atom stereocenters. The van der Waals surface area contributed by atoms with Crippen LogP contribution in [0.3, 0.4) is 0 Å². The van der Waals surface area contributed by atoms with Crippen molar-refractivity contribution in [3.05, 3.63) is 64.4 Å². The zero-order valence-electron chi connectivity index (χ0n) is 18.5. The highest BCUT2D eigenvalue weighted by Gasteiger charge is 2.25. The molecule has 2 fully saturated rings. The molecule has 2 saturated heterocycles. The second-order valence-corrected chi connectivity index (χ2v) is 9.63. The van der Waals surface area contributed by atoms with E-state index in [4.69, 9.17) is 16.3 Å². The lowest BCUT2D eigenvalue weighted by Gasteiger charge is -2.37. The van der Waals surface area contributed by atoms with Crippen molar-refractivity contribution in [3.8, 4) is 5.75 Å². The van der Waals surface area contributed by atoms with Crippen LogP contribution in [0, 0.1) is 18.7 Å². The molecule has 3 nitrogen and oxygen atoms in total. The number of piperidine rings is 2. The van der Waals surface area contributed by atoms with Crippen LogP contribution < -0.4 is 4.74 Å². The van der Waals surface area contributed by atoms with Crippen molar-refractivity contribution >= 4 is 11.6 Å². The third-order valence-electron chi connectivity index (χ3n) is 6.82. The molecule has 0 radical (unpaired) electrons. The summed E-state index contributed by atoms with van der Waals surface area (Å²) in [6.07, 6.45) is 6.07.